The van der Waals surface area contributed by atoms with E-state index in [2.05, 4.69) is 29.3 Å². The van der Waals surface area contributed by atoms with Crippen molar-refractivity contribution in [2.24, 2.45) is 0 Å². The lowest BCUT2D eigenvalue weighted by Gasteiger charge is -2.05. The molecule has 0 aliphatic rings. The van der Waals surface area contributed by atoms with Gasteiger partial charge in [-0.3, -0.25) is 0 Å². The molecular weight excluding hydrogens is 184 g/mol. The zero-order valence-corrected chi connectivity index (χ0v) is 9.04. The Morgan fingerprint density at radius 3 is 2.87 bits per heavy atom. The predicted octanol–water partition coefficient (Wildman–Crippen LogP) is 3.49. The molecule has 0 spiro atoms. The van der Waals surface area contributed by atoms with Crippen LogP contribution < -0.4 is 0 Å². The van der Waals surface area contributed by atoms with Crippen molar-refractivity contribution in [1.82, 2.24) is 4.98 Å². The summed E-state index contributed by atoms with van der Waals surface area (Å²) in [4.78, 5) is 3.28. The molecule has 0 radical (unpaired) electrons. The molecule has 76 valence electrons. The third-order valence-electron chi connectivity index (χ3n) is 2.75. The summed E-state index contributed by atoms with van der Waals surface area (Å²) in [6.07, 6.45) is 0.866. The molecule has 1 unspecified atom stereocenters. The number of aromatic nitrogens is 1. The van der Waals surface area contributed by atoms with E-state index in [0.29, 0.717) is 0 Å². The number of nitriles is 1. The Bertz CT molecular complexity index is 517. The van der Waals surface area contributed by atoms with Gasteiger partial charge >= 0.3 is 0 Å². The lowest BCUT2D eigenvalue weighted by Crippen LogP contribution is -1.92. The van der Waals surface area contributed by atoms with E-state index in [0.717, 1.165) is 23.2 Å². The Hall–Kier alpha value is -1.75. The Kier molecular flexibility index (Phi) is 2.47. The predicted molar refractivity (Wildman–Crippen MR) is 61.7 cm³/mol. The van der Waals surface area contributed by atoms with E-state index in [9.17, 15) is 0 Å². The summed E-state index contributed by atoms with van der Waals surface area (Å²) in [5, 5.41) is 10.2. The van der Waals surface area contributed by atoms with Gasteiger partial charge in [-0.05, 0) is 42.5 Å². The number of hydrogen-bond donors (Lipinski definition) is 1. The van der Waals surface area contributed by atoms with Crippen LogP contribution in [0.4, 0.5) is 0 Å². The minimum absolute atomic E-state index is 0.0182. The maximum atomic E-state index is 9.00. The van der Waals surface area contributed by atoms with E-state index in [1.165, 1.54) is 5.39 Å². The van der Waals surface area contributed by atoms with E-state index >= 15 is 0 Å². The molecule has 0 fully saturated rings. The van der Waals surface area contributed by atoms with Crippen molar-refractivity contribution in [1.29, 1.82) is 5.26 Å². The van der Waals surface area contributed by atoms with Crippen molar-refractivity contribution in [2.45, 2.75) is 26.2 Å². The van der Waals surface area contributed by atoms with Crippen LogP contribution in [-0.2, 0) is 0 Å². The third kappa shape index (κ3) is 1.73. The summed E-state index contributed by atoms with van der Waals surface area (Å²) in [6, 6.07) is 10.6. The van der Waals surface area contributed by atoms with Gasteiger partial charge in [-0.25, -0.2) is 0 Å². The second-order valence-corrected chi connectivity index (χ2v) is 3.89. The summed E-state index contributed by atoms with van der Waals surface area (Å²) in [5.41, 5.74) is 3.42. The molecule has 2 rings (SSSR count). The van der Waals surface area contributed by atoms with Crippen molar-refractivity contribution < 1.29 is 0 Å². The van der Waals surface area contributed by atoms with Crippen molar-refractivity contribution >= 4 is 10.9 Å². The highest BCUT2D eigenvalue weighted by Crippen LogP contribution is 2.23. The molecule has 0 saturated heterocycles. The molecule has 0 amide bonds. The van der Waals surface area contributed by atoms with E-state index < -0.39 is 0 Å². The van der Waals surface area contributed by atoms with E-state index in [1.807, 2.05) is 19.9 Å². The second kappa shape index (κ2) is 3.78. The number of benzene rings is 1. The summed E-state index contributed by atoms with van der Waals surface area (Å²) in [5.74, 6) is 0.0182. The van der Waals surface area contributed by atoms with Gasteiger partial charge in [-0.1, -0.05) is 13.0 Å². The number of rotatable bonds is 2. The zero-order chi connectivity index (χ0) is 10.8. The van der Waals surface area contributed by atoms with Gasteiger partial charge in [0.15, 0.2) is 0 Å². The topological polar surface area (TPSA) is 39.6 Å². The van der Waals surface area contributed by atoms with Gasteiger partial charge in [-0.2, -0.15) is 5.26 Å². The fourth-order valence-corrected chi connectivity index (χ4v) is 1.91. The average Bonchev–Trinajstić information content (AvgIpc) is 2.59. The zero-order valence-electron chi connectivity index (χ0n) is 9.04. The number of nitrogens with one attached hydrogen (secondary N) is 1. The van der Waals surface area contributed by atoms with Crippen LogP contribution in [0.5, 0.6) is 0 Å². The molecule has 1 heterocycles. The van der Waals surface area contributed by atoms with Gasteiger partial charge in [0, 0.05) is 11.2 Å². The molecule has 2 nitrogen and oxygen atoms in total. The van der Waals surface area contributed by atoms with Gasteiger partial charge in [0.05, 0.1) is 12.0 Å². The normalized spacial score (nSPS) is 12.6. The van der Waals surface area contributed by atoms with Gasteiger partial charge in [0.2, 0.25) is 0 Å². The maximum absolute atomic E-state index is 9.00. The summed E-state index contributed by atoms with van der Waals surface area (Å²) in [6.45, 7) is 4.09. The molecule has 0 bridgehead atoms. The molecule has 0 aliphatic heterocycles. The van der Waals surface area contributed by atoms with Crippen LogP contribution in [0.15, 0.2) is 24.3 Å². The van der Waals surface area contributed by atoms with Crippen molar-refractivity contribution in [3.8, 4) is 6.07 Å². The number of hydrogen-bond acceptors (Lipinski definition) is 1. The summed E-state index contributed by atoms with van der Waals surface area (Å²) in [7, 11) is 0. The highest BCUT2D eigenvalue weighted by Gasteiger charge is 2.08. The Morgan fingerprint density at radius 1 is 1.40 bits per heavy atom. The van der Waals surface area contributed by atoms with Crippen LogP contribution in [0.3, 0.4) is 0 Å². The van der Waals surface area contributed by atoms with E-state index in [1.54, 1.807) is 0 Å². The van der Waals surface area contributed by atoms with Crippen LogP contribution in [0.25, 0.3) is 10.9 Å². The van der Waals surface area contributed by atoms with E-state index in [-0.39, 0.29) is 5.92 Å². The molecule has 2 heteroatoms. The minimum Gasteiger partial charge on any atom is -0.359 e. The van der Waals surface area contributed by atoms with Gasteiger partial charge in [0.1, 0.15) is 0 Å². The fourth-order valence-electron chi connectivity index (χ4n) is 1.91. The van der Waals surface area contributed by atoms with Crippen LogP contribution in [-0.4, -0.2) is 4.98 Å². The first kappa shape index (κ1) is 9.79. The van der Waals surface area contributed by atoms with Crippen molar-refractivity contribution in [2.75, 3.05) is 0 Å². The second-order valence-electron chi connectivity index (χ2n) is 3.89. The number of nitrogens with zero attached hydrogens (tertiary/aromatic N) is 1. The maximum Gasteiger partial charge on any atom is 0.0710 e. The molecule has 1 atom stereocenters. The standard InChI is InChI=1S/C13H14N2/c1-3-10(8-14)11-4-5-13-12(7-11)6-9(2)15-13/h4-7,10,15H,3H2,1-2H3. The largest absolute Gasteiger partial charge is 0.359 e. The average molecular weight is 198 g/mol. The fraction of sp³-hybridized carbons (Fsp3) is 0.308. The van der Waals surface area contributed by atoms with E-state index in [4.69, 9.17) is 5.26 Å². The molecule has 0 saturated carbocycles. The molecule has 1 N–H and O–H groups in total. The first-order chi connectivity index (χ1) is 7.24. The van der Waals surface area contributed by atoms with Crippen molar-refractivity contribution in [3.05, 3.63) is 35.5 Å². The SMILES string of the molecule is CCC(C#N)c1ccc2[nH]c(C)cc2c1. The smallest absolute Gasteiger partial charge is 0.0710 e. The first-order valence-electron chi connectivity index (χ1n) is 5.23. The number of fused-ring (bicyclic) bond motifs is 1. The summed E-state index contributed by atoms with van der Waals surface area (Å²) >= 11 is 0. The highest BCUT2D eigenvalue weighted by atomic mass is 14.7. The molecule has 1 aromatic heterocycles. The lowest BCUT2D eigenvalue weighted by atomic mass is 9.97. The Morgan fingerprint density at radius 2 is 2.20 bits per heavy atom. The number of H-pyrrole nitrogens is 1. The van der Waals surface area contributed by atoms with Gasteiger partial charge in [-0.15, -0.1) is 0 Å². The monoisotopic (exact) mass is 198 g/mol. The van der Waals surface area contributed by atoms with Crippen LogP contribution in [0.2, 0.25) is 0 Å². The molecule has 0 aliphatic carbocycles. The molecular formula is C13H14N2. The molecule has 1 aromatic carbocycles. The van der Waals surface area contributed by atoms with Crippen LogP contribution in [0.1, 0.15) is 30.5 Å². The quantitative estimate of drug-likeness (QED) is 0.788. The highest BCUT2D eigenvalue weighted by molar-refractivity contribution is 5.81. The first-order valence-corrected chi connectivity index (χ1v) is 5.23. The minimum atomic E-state index is 0.0182. The number of aryl methyl sites for hydroxylation is 1. The molecule has 2 aromatic rings. The summed E-state index contributed by atoms with van der Waals surface area (Å²) < 4.78 is 0. The van der Waals surface area contributed by atoms with Crippen LogP contribution in [0, 0.1) is 18.3 Å². The van der Waals surface area contributed by atoms with Crippen molar-refractivity contribution in [3.63, 3.8) is 0 Å². The van der Waals surface area contributed by atoms with Crippen LogP contribution >= 0.6 is 0 Å². The molecule has 15 heavy (non-hydrogen) atoms. The lowest BCUT2D eigenvalue weighted by molar-refractivity contribution is 0.820. The number of aromatic amines is 1. The Labute approximate surface area is 89.5 Å². The van der Waals surface area contributed by atoms with Gasteiger partial charge < -0.3 is 4.98 Å². The Balaban J connectivity index is 2.51. The third-order valence-corrected chi connectivity index (χ3v) is 2.75. The van der Waals surface area contributed by atoms with Gasteiger partial charge in [0.25, 0.3) is 0 Å².